The summed E-state index contributed by atoms with van der Waals surface area (Å²) in [6.07, 6.45) is 1.41. The molecule has 0 aliphatic carbocycles. The number of anilines is 1. The van der Waals surface area contributed by atoms with Crippen LogP contribution in [0.1, 0.15) is 17.4 Å². The van der Waals surface area contributed by atoms with E-state index in [0.717, 1.165) is 0 Å². The third-order valence-corrected chi connectivity index (χ3v) is 1.02. The lowest BCUT2D eigenvalue weighted by atomic mass is 10.3. The first kappa shape index (κ1) is 5.81. The van der Waals surface area contributed by atoms with Crippen molar-refractivity contribution in [3.63, 3.8) is 0 Å². The van der Waals surface area contributed by atoms with E-state index in [1.54, 1.807) is 0 Å². The molecule has 3 N–H and O–H groups in total. The molecule has 1 heterocycles. The maximum absolute atomic E-state index is 10.6. The standard InChI is InChI=1S/C5H7N3O/c1-3(9)5-4(6)2-7-8-5/h2H,6H2,1H3,(H,7,8). The average molecular weight is 125 g/mol. The fraction of sp³-hybridized carbons (Fsp3) is 0.200. The Labute approximate surface area is 52.1 Å². The second kappa shape index (κ2) is 1.89. The van der Waals surface area contributed by atoms with Gasteiger partial charge in [-0.3, -0.25) is 9.89 Å². The van der Waals surface area contributed by atoms with Crippen LogP contribution in [0, 0.1) is 0 Å². The number of carbonyl (C=O) groups excluding carboxylic acids is 1. The lowest BCUT2D eigenvalue weighted by molar-refractivity contribution is 0.101. The molecular weight excluding hydrogens is 118 g/mol. The van der Waals surface area contributed by atoms with Gasteiger partial charge in [0.2, 0.25) is 0 Å². The van der Waals surface area contributed by atoms with Crippen molar-refractivity contribution in [3.05, 3.63) is 11.9 Å². The number of hydrogen-bond acceptors (Lipinski definition) is 3. The first-order valence-electron chi connectivity index (χ1n) is 2.51. The van der Waals surface area contributed by atoms with Gasteiger partial charge in [-0.15, -0.1) is 0 Å². The molecule has 9 heavy (non-hydrogen) atoms. The van der Waals surface area contributed by atoms with E-state index in [4.69, 9.17) is 5.73 Å². The highest BCUT2D eigenvalue weighted by Gasteiger charge is 2.03. The van der Waals surface area contributed by atoms with Crippen LogP contribution in [-0.2, 0) is 0 Å². The predicted octanol–water partition coefficient (Wildman–Crippen LogP) is 0.195. The first-order valence-corrected chi connectivity index (χ1v) is 2.51. The molecule has 0 atom stereocenters. The topological polar surface area (TPSA) is 71.8 Å². The van der Waals surface area contributed by atoms with Crippen LogP contribution in [0.25, 0.3) is 0 Å². The summed E-state index contributed by atoms with van der Waals surface area (Å²) in [7, 11) is 0. The molecule has 4 heteroatoms. The monoisotopic (exact) mass is 125 g/mol. The lowest BCUT2D eigenvalue weighted by Crippen LogP contribution is -1.96. The van der Waals surface area contributed by atoms with Crippen molar-refractivity contribution in [2.24, 2.45) is 0 Å². The zero-order valence-corrected chi connectivity index (χ0v) is 5.01. The van der Waals surface area contributed by atoms with E-state index in [-0.39, 0.29) is 5.78 Å². The Balaban J connectivity index is 3.08. The molecule has 0 bridgehead atoms. The van der Waals surface area contributed by atoms with Crippen LogP contribution in [0.2, 0.25) is 0 Å². The summed E-state index contributed by atoms with van der Waals surface area (Å²) in [6.45, 7) is 1.43. The third-order valence-electron chi connectivity index (χ3n) is 1.02. The quantitative estimate of drug-likeness (QED) is 0.526. The van der Waals surface area contributed by atoms with Gasteiger partial charge >= 0.3 is 0 Å². The van der Waals surface area contributed by atoms with Gasteiger partial charge < -0.3 is 5.73 Å². The van der Waals surface area contributed by atoms with Crippen LogP contribution >= 0.6 is 0 Å². The van der Waals surface area contributed by atoms with Gasteiger partial charge in [0.15, 0.2) is 5.78 Å². The number of carbonyl (C=O) groups is 1. The van der Waals surface area contributed by atoms with Gasteiger partial charge in [0, 0.05) is 6.92 Å². The number of Topliss-reactive ketones (excluding diaryl/α,β-unsaturated/α-hetero) is 1. The SMILES string of the molecule is CC(=O)c1[nH]ncc1N. The van der Waals surface area contributed by atoms with E-state index >= 15 is 0 Å². The third kappa shape index (κ3) is 0.910. The largest absolute Gasteiger partial charge is 0.396 e. The number of rotatable bonds is 1. The number of aromatic nitrogens is 2. The molecule has 0 aromatic carbocycles. The number of nitrogens with two attached hydrogens (primary N) is 1. The number of H-pyrrole nitrogens is 1. The van der Waals surface area contributed by atoms with Crippen LogP contribution in [0.3, 0.4) is 0 Å². The van der Waals surface area contributed by atoms with Gasteiger partial charge in [-0.1, -0.05) is 0 Å². The van der Waals surface area contributed by atoms with Crippen molar-refractivity contribution < 1.29 is 4.79 Å². The van der Waals surface area contributed by atoms with Crippen molar-refractivity contribution in [2.75, 3.05) is 5.73 Å². The van der Waals surface area contributed by atoms with E-state index in [0.29, 0.717) is 11.4 Å². The van der Waals surface area contributed by atoms with Crippen LogP contribution in [-0.4, -0.2) is 16.0 Å². The molecule has 1 aromatic heterocycles. The summed E-state index contributed by atoms with van der Waals surface area (Å²) in [5, 5.41) is 6.05. The van der Waals surface area contributed by atoms with Gasteiger partial charge in [-0.2, -0.15) is 5.10 Å². The maximum atomic E-state index is 10.6. The molecule has 0 fully saturated rings. The summed E-state index contributed by atoms with van der Waals surface area (Å²) in [4.78, 5) is 10.6. The second-order valence-electron chi connectivity index (χ2n) is 1.76. The molecule has 0 unspecified atom stereocenters. The van der Waals surface area contributed by atoms with Gasteiger partial charge in [0.1, 0.15) is 5.69 Å². The van der Waals surface area contributed by atoms with E-state index < -0.39 is 0 Å². The molecule has 1 aromatic rings. The molecule has 0 saturated carbocycles. The highest BCUT2D eigenvalue weighted by molar-refractivity contribution is 5.96. The normalized spacial score (nSPS) is 9.44. The summed E-state index contributed by atoms with van der Waals surface area (Å²) in [5.41, 5.74) is 6.12. The summed E-state index contributed by atoms with van der Waals surface area (Å²) < 4.78 is 0. The Kier molecular flexibility index (Phi) is 1.22. The van der Waals surface area contributed by atoms with Crippen LogP contribution < -0.4 is 5.73 Å². The van der Waals surface area contributed by atoms with E-state index in [1.165, 1.54) is 13.1 Å². The van der Waals surface area contributed by atoms with Gasteiger partial charge in [0.25, 0.3) is 0 Å². The van der Waals surface area contributed by atoms with Gasteiger partial charge in [0.05, 0.1) is 11.9 Å². The lowest BCUT2D eigenvalue weighted by Gasteiger charge is -1.87. The Morgan fingerprint density at radius 2 is 2.56 bits per heavy atom. The molecule has 0 saturated heterocycles. The maximum Gasteiger partial charge on any atom is 0.179 e. The fourth-order valence-electron chi connectivity index (χ4n) is 0.577. The summed E-state index contributed by atoms with van der Waals surface area (Å²) in [5.74, 6) is -0.0926. The van der Waals surface area contributed by atoms with Crippen molar-refractivity contribution in [2.45, 2.75) is 6.92 Å². The highest BCUT2D eigenvalue weighted by Crippen LogP contribution is 2.05. The predicted molar refractivity (Wildman–Crippen MR) is 33.0 cm³/mol. The van der Waals surface area contributed by atoms with E-state index in [9.17, 15) is 4.79 Å². The number of aromatic amines is 1. The Hall–Kier alpha value is -1.32. The average Bonchev–Trinajstić information content (AvgIpc) is 2.13. The van der Waals surface area contributed by atoms with E-state index in [1.807, 2.05) is 0 Å². The van der Waals surface area contributed by atoms with Crippen molar-refractivity contribution in [1.29, 1.82) is 0 Å². The second-order valence-corrected chi connectivity index (χ2v) is 1.76. The van der Waals surface area contributed by atoms with Crippen molar-refractivity contribution in [1.82, 2.24) is 10.2 Å². The minimum atomic E-state index is -0.0926. The minimum absolute atomic E-state index is 0.0926. The molecule has 0 aliphatic heterocycles. The Bertz CT molecular complexity index is 228. The molecule has 48 valence electrons. The fourth-order valence-corrected chi connectivity index (χ4v) is 0.577. The summed E-state index contributed by atoms with van der Waals surface area (Å²) in [6, 6.07) is 0. The zero-order valence-electron chi connectivity index (χ0n) is 5.01. The highest BCUT2D eigenvalue weighted by atomic mass is 16.1. The van der Waals surface area contributed by atoms with Crippen LogP contribution in [0.5, 0.6) is 0 Å². The molecule has 0 amide bonds. The zero-order chi connectivity index (χ0) is 6.85. The van der Waals surface area contributed by atoms with Crippen LogP contribution in [0.4, 0.5) is 5.69 Å². The molecule has 0 spiro atoms. The Morgan fingerprint density at radius 1 is 1.89 bits per heavy atom. The van der Waals surface area contributed by atoms with Crippen molar-refractivity contribution >= 4 is 11.5 Å². The number of nitrogens with one attached hydrogen (secondary N) is 1. The molecule has 4 nitrogen and oxygen atoms in total. The first-order chi connectivity index (χ1) is 4.22. The molecular formula is C5H7N3O. The number of nitrogens with zero attached hydrogens (tertiary/aromatic N) is 1. The molecule has 0 radical (unpaired) electrons. The van der Waals surface area contributed by atoms with E-state index in [2.05, 4.69) is 10.2 Å². The number of nitrogen functional groups attached to an aromatic ring is 1. The summed E-state index contributed by atoms with van der Waals surface area (Å²) >= 11 is 0. The minimum Gasteiger partial charge on any atom is -0.396 e. The number of hydrogen-bond donors (Lipinski definition) is 2. The van der Waals surface area contributed by atoms with Crippen LogP contribution in [0.15, 0.2) is 6.20 Å². The van der Waals surface area contributed by atoms with Gasteiger partial charge in [-0.05, 0) is 0 Å². The smallest absolute Gasteiger partial charge is 0.179 e. The number of ketones is 1. The molecule has 1 rings (SSSR count). The van der Waals surface area contributed by atoms with Gasteiger partial charge in [-0.25, -0.2) is 0 Å². The Morgan fingerprint density at radius 3 is 2.78 bits per heavy atom. The van der Waals surface area contributed by atoms with Crippen molar-refractivity contribution in [3.8, 4) is 0 Å². The molecule has 0 aliphatic rings.